The Hall–Kier alpha value is -1.32. The first-order chi connectivity index (χ1) is 5.68. The van der Waals surface area contributed by atoms with Gasteiger partial charge in [0.1, 0.15) is 0 Å². The molecule has 0 aromatic carbocycles. The van der Waals surface area contributed by atoms with Crippen molar-refractivity contribution in [1.82, 2.24) is 4.90 Å². The molecule has 2 rings (SSSR count). The maximum atomic E-state index is 11.2. The molecule has 1 amide bonds. The van der Waals surface area contributed by atoms with Gasteiger partial charge in [-0.15, -0.1) is 0 Å². The van der Waals surface area contributed by atoms with E-state index in [0.29, 0.717) is 0 Å². The first-order valence-electron chi connectivity index (χ1n) is 3.93. The van der Waals surface area contributed by atoms with E-state index in [0.717, 1.165) is 12.8 Å². The van der Waals surface area contributed by atoms with Crippen LogP contribution < -0.4 is 0 Å². The van der Waals surface area contributed by atoms with Gasteiger partial charge in [-0.3, -0.25) is 4.79 Å². The number of hydrogen-bond acceptors (Lipinski definition) is 2. The number of carboxylic acids is 1. The second-order valence-corrected chi connectivity index (χ2v) is 3.17. The summed E-state index contributed by atoms with van der Waals surface area (Å²) in [5.74, 6) is -1.05. The summed E-state index contributed by atoms with van der Waals surface area (Å²) in [6, 6.07) is 0.286. The van der Waals surface area contributed by atoms with Crippen molar-refractivity contribution in [3.8, 4) is 0 Å². The van der Waals surface area contributed by atoms with Gasteiger partial charge in [-0.05, 0) is 12.8 Å². The Kier molecular flexibility index (Phi) is 1.43. The van der Waals surface area contributed by atoms with E-state index in [-0.39, 0.29) is 23.9 Å². The van der Waals surface area contributed by atoms with Gasteiger partial charge in [0.25, 0.3) is 0 Å². The summed E-state index contributed by atoms with van der Waals surface area (Å²) >= 11 is 0. The average Bonchev–Trinajstić information content (AvgIpc) is 2.75. The molecule has 1 N–H and O–H groups in total. The largest absolute Gasteiger partial charge is 0.478 e. The zero-order chi connectivity index (χ0) is 8.72. The molecule has 64 valence electrons. The number of carbonyl (C=O) groups is 2. The number of nitrogens with zero attached hydrogens (tertiary/aromatic N) is 1. The zero-order valence-corrected chi connectivity index (χ0v) is 6.49. The predicted octanol–water partition coefficient (Wildman–Crippen LogP) is 0.350. The van der Waals surface area contributed by atoms with Crippen molar-refractivity contribution in [2.24, 2.45) is 0 Å². The molecule has 1 fully saturated rings. The standard InChI is InChI=1S/C8H9NO3/c10-7-3-5(8(11)12)4-9(7)6-1-2-6/h4,6H,1-3H2,(H,11,12). The normalized spacial score (nSPS) is 22.8. The van der Waals surface area contributed by atoms with Gasteiger partial charge in [0.2, 0.25) is 5.91 Å². The lowest BCUT2D eigenvalue weighted by Gasteiger charge is -2.09. The third-order valence-corrected chi connectivity index (χ3v) is 2.14. The molecule has 0 saturated heterocycles. The predicted molar refractivity (Wildman–Crippen MR) is 40.2 cm³/mol. The number of amides is 1. The van der Waals surface area contributed by atoms with Gasteiger partial charge in [0.05, 0.1) is 12.0 Å². The molecule has 12 heavy (non-hydrogen) atoms. The lowest BCUT2D eigenvalue weighted by Crippen LogP contribution is -2.22. The monoisotopic (exact) mass is 167 g/mol. The maximum absolute atomic E-state index is 11.2. The molecule has 0 bridgehead atoms. The summed E-state index contributed by atoms with van der Waals surface area (Å²) in [5.41, 5.74) is 0.215. The smallest absolute Gasteiger partial charge is 0.333 e. The van der Waals surface area contributed by atoms with Crippen molar-refractivity contribution in [2.45, 2.75) is 25.3 Å². The number of carbonyl (C=O) groups excluding carboxylic acids is 1. The quantitative estimate of drug-likeness (QED) is 0.645. The summed E-state index contributed by atoms with van der Waals surface area (Å²) in [4.78, 5) is 23.2. The molecule has 1 heterocycles. The fraction of sp³-hybridized carbons (Fsp3) is 0.500. The number of aliphatic carboxylic acids is 1. The molecule has 2 aliphatic rings. The molecule has 0 unspecified atom stereocenters. The van der Waals surface area contributed by atoms with Gasteiger partial charge in [-0.25, -0.2) is 4.79 Å². The molecule has 1 aliphatic heterocycles. The van der Waals surface area contributed by atoms with Gasteiger partial charge in [0.15, 0.2) is 0 Å². The maximum Gasteiger partial charge on any atom is 0.333 e. The van der Waals surface area contributed by atoms with Crippen molar-refractivity contribution in [3.63, 3.8) is 0 Å². The van der Waals surface area contributed by atoms with Crippen LogP contribution in [-0.4, -0.2) is 27.9 Å². The van der Waals surface area contributed by atoms with E-state index in [2.05, 4.69) is 0 Å². The highest BCUT2D eigenvalue weighted by molar-refractivity contribution is 5.98. The Morgan fingerprint density at radius 3 is 2.67 bits per heavy atom. The van der Waals surface area contributed by atoms with E-state index in [1.165, 1.54) is 6.20 Å². The fourth-order valence-corrected chi connectivity index (χ4v) is 1.33. The van der Waals surface area contributed by atoms with Crippen LogP contribution in [0.2, 0.25) is 0 Å². The van der Waals surface area contributed by atoms with Crippen molar-refractivity contribution >= 4 is 11.9 Å². The van der Waals surface area contributed by atoms with Crippen LogP contribution in [0.3, 0.4) is 0 Å². The van der Waals surface area contributed by atoms with Crippen LogP contribution in [0.1, 0.15) is 19.3 Å². The van der Waals surface area contributed by atoms with Crippen LogP contribution in [0.15, 0.2) is 11.8 Å². The Morgan fingerprint density at radius 1 is 1.58 bits per heavy atom. The molecule has 1 saturated carbocycles. The Morgan fingerprint density at radius 2 is 2.25 bits per heavy atom. The molecular weight excluding hydrogens is 158 g/mol. The molecule has 0 aromatic rings. The van der Waals surface area contributed by atoms with Crippen LogP contribution in [0, 0.1) is 0 Å². The first kappa shape index (κ1) is 7.34. The van der Waals surface area contributed by atoms with E-state index in [9.17, 15) is 9.59 Å². The fourth-order valence-electron chi connectivity index (χ4n) is 1.33. The van der Waals surface area contributed by atoms with Crippen LogP contribution in [0.4, 0.5) is 0 Å². The summed E-state index contributed by atoms with van der Waals surface area (Å²) in [5, 5.41) is 8.60. The van der Waals surface area contributed by atoms with Crippen molar-refractivity contribution < 1.29 is 14.7 Å². The molecule has 0 radical (unpaired) electrons. The average molecular weight is 167 g/mol. The lowest BCUT2D eigenvalue weighted by atomic mass is 10.2. The highest BCUT2D eigenvalue weighted by atomic mass is 16.4. The second kappa shape index (κ2) is 2.33. The molecular formula is C8H9NO3. The summed E-state index contributed by atoms with van der Waals surface area (Å²) in [7, 11) is 0. The minimum Gasteiger partial charge on any atom is -0.478 e. The van der Waals surface area contributed by atoms with Crippen LogP contribution >= 0.6 is 0 Å². The Labute approximate surface area is 69.5 Å². The number of hydrogen-bond donors (Lipinski definition) is 1. The van der Waals surface area contributed by atoms with Gasteiger partial charge < -0.3 is 10.0 Å². The summed E-state index contributed by atoms with van der Waals surface area (Å²) in [6.45, 7) is 0. The third-order valence-electron chi connectivity index (χ3n) is 2.14. The number of rotatable bonds is 2. The van der Waals surface area contributed by atoms with Crippen molar-refractivity contribution in [2.75, 3.05) is 0 Å². The minimum atomic E-state index is -0.980. The van der Waals surface area contributed by atoms with Crippen molar-refractivity contribution in [1.29, 1.82) is 0 Å². The molecule has 4 heteroatoms. The second-order valence-electron chi connectivity index (χ2n) is 3.17. The minimum absolute atomic E-state index is 0.0613. The highest BCUT2D eigenvalue weighted by Crippen LogP contribution is 2.31. The van der Waals surface area contributed by atoms with Gasteiger partial charge >= 0.3 is 5.97 Å². The van der Waals surface area contributed by atoms with E-state index >= 15 is 0 Å². The molecule has 4 nitrogen and oxygen atoms in total. The summed E-state index contributed by atoms with van der Waals surface area (Å²) < 4.78 is 0. The molecule has 0 aromatic heterocycles. The topological polar surface area (TPSA) is 57.6 Å². The van der Waals surface area contributed by atoms with E-state index in [4.69, 9.17) is 5.11 Å². The van der Waals surface area contributed by atoms with Gasteiger partial charge in [-0.1, -0.05) is 0 Å². The van der Waals surface area contributed by atoms with E-state index in [1.54, 1.807) is 4.90 Å². The van der Waals surface area contributed by atoms with E-state index in [1.807, 2.05) is 0 Å². The van der Waals surface area contributed by atoms with E-state index < -0.39 is 5.97 Å². The zero-order valence-electron chi connectivity index (χ0n) is 6.49. The highest BCUT2D eigenvalue weighted by Gasteiger charge is 2.36. The molecule has 0 atom stereocenters. The Bertz CT molecular complexity index is 278. The SMILES string of the molecule is O=C(O)C1=CN(C2CC2)C(=O)C1. The number of carboxylic acid groups (broad SMARTS) is 1. The molecule has 1 aliphatic carbocycles. The molecule has 0 spiro atoms. The van der Waals surface area contributed by atoms with Gasteiger partial charge in [0, 0.05) is 12.2 Å². The summed E-state index contributed by atoms with van der Waals surface area (Å²) in [6.07, 6.45) is 3.55. The lowest BCUT2D eigenvalue weighted by molar-refractivity contribution is -0.134. The van der Waals surface area contributed by atoms with Gasteiger partial charge in [-0.2, -0.15) is 0 Å². The Balaban J connectivity index is 2.15. The van der Waals surface area contributed by atoms with Crippen molar-refractivity contribution in [3.05, 3.63) is 11.8 Å². The first-order valence-corrected chi connectivity index (χ1v) is 3.93. The third kappa shape index (κ3) is 1.09. The van der Waals surface area contributed by atoms with Crippen LogP contribution in [0.25, 0.3) is 0 Å². The van der Waals surface area contributed by atoms with Crippen LogP contribution in [0.5, 0.6) is 0 Å². The van der Waals surface area contributed by atoms with Crippen LogP contribution in [-0.2, 0) is 9.59 Å².